The van der Waals surface area contributed by atoms with E-state index in [-0.39, 0.29) is 0 Å². The summed E-state index contributed by atoms with van der Waals surface area (Å²) in [5.41, 5.74) is 9.04. The molecule has 2 rings (SSSR count). The fourth-order valence-electron chi connectivity index (χ4n) is 1.84. The first-order valence-electron chi connectivity index (χ1n) is 5.31. The van der Waals surface area contributed by atoms with Gasteiger partial charge in [-0.05, 0) is 18.6 Å². The van der Waals surface area contributed by atoms with Crippen molar-refractivity contribution in [3.8, 4) is 0 Å². The summed E-state index contributed by atoms with van der Waals surface area (Å²) in [5, 5.41) is 0. The van der Waals surface area contributed by atoms with Crippen LogP contribution in [0.3, 0.4) is 0 Å². The van der Waals surface area contributed by atoms with E-state index in [0.29, 0.717) is 12.5 Å². The second-order valence-electron chi connectivity index (χ2n) is 4.21. The lowest BCUT2D eigenvalue weighted by atomic mass is 10.2. The molecule has 0 aromatic carbocycles. The maximum atomic E-state index is 5.64. The average molecular weight is 203 g/mol. The van der Waals surface area contributed by atoms with Gasteiger partial charge in [-0.3, -0.25) is 0 Å². The van der Waals surface area contributed by atoms with Gasteiger partial charge in [0.15, 0.2) is 0 Å². The van der Waals surface area contributed by atoms with Gasteiger partial charge in [0.1, 0.15) is 5.82 Å². The molecule has 2 aromatic heterocycles. The first-order chi connectivity index (χ1) is 7.13. The fourth-order valence-corrected chi connectivity index (χ4v) is 1.84. The summed E-state index contributed by atoms with van der Waals surface area (Å²) in [6.45, 7) is 6.93. The number of fused-ring (bicyclic) bond motifs is 1. The molecule has 80 valence electrons. The largest absolute Gasteiger partial charge is 0.326 e. The van der Waals surface area contributed by atoms with E-state index in [0.717, 1.165) is 17.1 Å². The minimum absolute atomic E-state index is 0.430. The number of nitrogens with two attached hydrogens (primary N) is 1. The van der Waals surface area contributed by atoms with Crippen LogP contribution in [0.15, 0.2) is 18.3 Å². The van der Waals surface area contributed by atoms with E-state index >= 15 is 0 Å². The fraction of sp³-hybridized carbons (Fsp3) is 0.417. The van der Waals surface area contributed by atoms with E-state index < -0.39 is 0 Å². The van der Waals surface area contributed by atoms with E-state index in [2.05, 4.69) is 41.6 Å². The highest BCUT2D eigenvalue weighted by Crippen LogP contribution is 2.19. The van der Waals surface area contributed by atoms with Crippen LogP contribution in [0.4, 0.5) is 0 Å². The highest BCUT2D eigenvalue weighted by Gasteiger charge is 2.10. The Kier molecular flexibility index (Phi) is 2.49. The molecular weight excluding hydrogens is 186 g/mol. The summed E-state index contributed by atoms with van der Waals surface area (Å²) in [5.74, 6) is 1.54. The molecule has 0 spiro atoms. The molecule has 0 radical (unpaired) electrons. The predicted molar refractivity (Wildman–Crippen MR) is 61.9 cm³/mol. The van der Waals surface area contributed by atoms with Gasteiger partial charge in [0.2, 0.25) is 0 Å². The molecule has 0 atom stereocenters. The van der Waals surface area contributed by atoms with Gasteiger partial charge in [-0.15, -0.1) is 0 Å². The quantitative estimate of drug-likeness (QED) is 0.813. The molecule has 3 heteroatoms. The number of aryl methyl sites for hydroxylation is 1. The van der Waals surface area contributed by atoms with Crippen LogP contribution in [0.25, 0.3) is 5.52 Å². The molecule has 0 aliphatic rings. The molecule has 0 amide bonds. The molecule has 0 saturated heterocycles. The van der Waals surface area contributed by atoms with Crippen molar-refractivity contribution in [3.05, 3.63) is 35.4 Å². The summed E-state index contributed by atoms with van der Waals surface area (Å²) in [6, 6.07) is 4.16. The van der Waals surface area contributed by atoms with Gasteiger partial charge in [-0.1, -0.05) is 19.9 Å². The monoisotopic (exact) mass is 203 g/mol. The van der Waals surface area contributed by atoms with Crippen molar-refractivity contribution < 1.29 is 0 Å². The van der Waals surface area contributed by atoms with E-state index in [1.54, 1.807) is 0 Å². The van der Waals surface area contributed by atoms with Crippen molar-refractivity contribution in [3.63, 3.8) is 0 Å². The number of nitrogens with zero attached hydrogens (tertiary/aromatic N) is 2. The van der Waals surface area contributed by atoms with Crippen LogP contribution in [0.2, 0.25) is 0 Å². The topological polar surface area (TPSA) is 43.3 Å². The Labute approximate surface area is 89.9 Å². The lowest BCUT2D eigenvalue weighted by molar-refractivity contribution is 0.765. The van der Waals surface area contributed by atoms with Crippen LogP contribution in [0.5, 0.6) is 0 Å². The van der Waals surface area contributed by atoms with Gasteiger partial charge in [0.05, 0.1) is 11.2 Å². The van der Waals surface area contributed by atoms with E-state index in [1.807, 2.05) is 6.92 Å². The second kappa shape index (κ2) is 3.66. The average Bonchev–Trinajstić information content (AvgIpc) is 2.56. The number of hydrogen-bond acceptors (Lipinski definition) is 2. The highest BCUT2D eigenvalue weighted by molar-refractivity contribution is 5.53. The van der Waals surface area contributed by atoms with Crippen molar-refractivity contribution in [2.75, 3.05) is 0 Å². The number of hydrogen-bond donors (Lipinski definition) is 1. The maximum absolute atomic E-state index is 5.64. The zero-order valence-corrected chi connectivity index (χ0v) is 9.49. The molecule has 15 heavy (non-hydrogen) atoms. The van der Waals surface area contributed by atoms with Crippen molar-refractivity contribution in [1.29, 1.82) is 0 Å². The number of imidazole rings is 1. The van der Waals surface area contributed by atoms with Crippen molar-refractivity contribution >= 4 is 5.52 Å². The Hall–Kier alpha value is -1.35. The smallest absolute Gasteiger partial charge is 0.116 e. The zero-order valence-electron chi connectivity index (χ0n) is 9.49. The maximum Gasteiger partial charge on any atom is 0.116 e. The summed E-state index contributed by atoms with van der Waals surface area (Å²) in [4.78, 5) is 4.59. The van der Waals surface area contributed by atoms with Crippen molar-refractivity contribution in [2.24, 2.45) is 5.73 Å². The van der Waals surface area contributed by atoms with Crippen molar-refractivity contribution in [2.45, 2.75) is 33.2 Å². The molecule has 0 bridgehead atoms. The van der Waals surface area contributed by atoms with Crippen LogP contribution in [0, 0.1) is 6.92 Å². The molecule has 2 aromatic rings. The van der Waals surface area contributed by atoms with Gasteiger partial charge < -0.3 is 10.1 Å². The molecule has 2 heterocycles. The summed E-state index contributed by atoms with van der Waals surface area (Å²) in [7, 11) is 0. The summed E-state index contributed by atoms with van der Waals surface area (Å²) >= 11 is 0. The van der Waals surface area contributed by atoms with Crippen LogP contribution < -0.4 is 5.73 Å². The Bertz CT molecular complexity index is 483. The highest BCUT2D eigenvalue weighted by atomic mass is 15.0. The summed E-state index contributed by atoms with van der Waals surface area (Å²) < 4.78 is 2.15. The van der Waals surface area contributed by atoms with Gasteiger partial charge in [0, 0.05) is 18.7 Å². The molecular formula is C12H17N3. The minimum atomic E-state index is 0.430. The minimum Gasteiger partial charge on any atom is -0.326 e. The van der Waals surface area contributed by atoms with Crippen LogP contribution >= 0.6 is 0 Å². The molecule has 0 saturated carbocycles. The number of aromatic nitrogens is 2. The van der Waals surface area contributed by atoms with Gasteiger partial charge in [0.25, 0.3) is 0 Å². The number of rotatable bonds is 2. The Balaban J connectivity index is 2.71. The van der Waals surface area contributed by atoms with Gasteiger partial charge >= 0.3 is 0 Å². The summed E-state index contributed by atoms with van der Waals surface area (Å²) in [6.07, 6.45) is 2.09. The van der Waals surface area contributed by atoms with Crippen molar-refractivity contribution in [1.82, 2.24) is 9.38 Å². The first-order valence-corrected chi connectivity index (χ1v) is 5.31. The second-order valence-corrected chi connectivity index (χ2v) is 4.21. The SMILES string of the molecule is Cc1nc(C(C)C)n2cc(CN)ccc12. The lowest BCUT2D eigenvalue weighted by Crippen LogP contribution is -2.01. The van der Waals surface area contributed by atoms with Crippen LogP contribution in [0.1, 0.15) is 36.8 Å². The first kappa shape index (κ1) is 10.2. The van der Waals surface area contributed by atoms with Crippen LogP contribution in [-0.4, -0.2) is 9.38 Å². The third kappa shape index (κ3) is 1.63. The Morgan fingerprint density at radius 1 is 1.40 bits per heavy atom. The van der Waals surface area contributed by atoms with Crippen LogP contribution in [-0.2, 0) is 6.54 Å². The number of pyridine rings is 1. The molecule has 3 nitrogen and oxygen atoms in total. The Morgan fingerprint density at radius 3 is 2.73 bits per heavy atom. The molecule has 0 aliphatic carbocycles. The molecule has 0 aliphatic heterocycles. The van der Waals surface area contributed by atoms with E-state index in [4.69, 9.17) is 5.73 Å². The van der Waals surface area contributed by atoms with E-state index in [9.17, 15) is 0 Å². The van der Waals surface area contributed by atoms with E-state index in [1.165, 1.54) is 5.52 Å². The normalized spacial score (nSPS) is 11.5. The third-order valence-corrected chi connectivity index (χ3v) is 2.66. The van der Waals surface area contributed by atoms with Gasteiger partial charge in [-0.25, -0.2) is 4.98 Å². The van der Waals surface area contributed by atoms with Gasteiger partial charge in [-0.2, -0.15) is 0 Å². The standard InChI is InChI=1S/C12H17N3/c1-8(2)12-14-9(3)11-5-4-10(6-13)7-15(11)12/h4-5,7-8H,6,13H2,1-3H3. The Morgan fingerprint density at radius 2 is 2.13 bits per heavy atom. The molecule has 0 fully saturated rings. The third-order valence-electron chi connectivity index (χ3n) is 2.66. The molecule has 0 unspecified atom stereocenters. The lowest BCUT2D eigenvalue weighted by Gasteiger charge is -2.05. The predicted octanol–water partition coefficient (Wildman–Crippen LogP) is 2.22. The zero-order chi connectivity index (χ0) is 11.0. The molecule has 2 N–H and O–H groups in total.